The lowest BCUT2D eigenvalue weighted by Crippen LogP contribution is -2.44. The molecule has 1 aromatic heterocycles. The van der Waals surface area contributed by atoms with Gasteiger partial charge in [-0.05, 0) is 36.8 Å². The van der Waals surface area contributed by atoms with Gasteiger partial charge in [0.1, 0.15) is 0 Å². The minimum Gasteiger partial charge on any atom is -0.459 e. The molecule has 2 fully saturated rings. The Hall–Kier alpha value is -1.98. The van der Waals surface area contributed by atoms with Crippen LogP contribution in [0.3, 0.4) is 0 Å². The second kappa shape index (κ2) is 7.73. The minimum atomic E-state index is -0.181. The van der Waals surface area contributed by atoms with E-state index in [9.17, 15) is 4.79 Å². The van der Waals surface area contributed by atoms with Gasteiger partial charge in [0.25, 0.3) is 5.91 Å². The van der Waals surface area contributed by atoms with E-state index in [0.29, 0.717) is 24.3 Å². The number of carbonyl (C=O) groups is 1. The highest BCUT2D eigenvalue weighted by Gasteiger charge is 2.39. The van der Waals surface area contributed by atoms with Crippen LogP contribution in [0.4, 0.5) is 0 Å². The number of nitrogens with zero attached hydrogens (tertiary/aromatic N) is 2. The Morgan fingerprint density at radius 3 is 2.75 bits per heavy atom. The molecule has 0 atom stereocenters. The van der Waals surface area contributed by atoms with Gasteiger partial charge in [-0.3, -0.25) is 9.79 Å². The molecule has 1 aliphatic carbocycles. The van der Waals surface area contributed by atoms with Gasteiger partial charge >= 0.3 is 0 Å². The van der Waals surface area contributed by atoms with Crippen molar-refractivity contribution in [3.8, 4) is 0 Å². The third kappa shape index (κ3) is 3.91. The normalized spacial score (nSPS) is 20.4. The highest BCUT2D eigenvalue weighted by atomic mass is 16.3. The average Bonchev–Trinajstić information content (AvgIpc) is 3.26. The summed E-state index contributed by atoms with van der Waals surface area (Å²) in [5, 5.41) is 6.21. The maximum absolute atomic E-state index is 11.8. The number of rotatable bonds is 4. The van der Waals surface area contributed by atoms with Crippen molar-refractivity contribution in [2.75, 3.05) is 33.2 Å². The summed E-state index contributed by atoms with van der Waals surface area (Å²) < 4.78 is 5.08. The van der Waals surface area contributed by atoms with Gasteiger partial charge in [-0.2, -0.15) is 0 Å². The molecule has 2 aliphatic rings. The smallest absolute Gasteiger partial charge is 0.287 e. The average molecular weight is 332 g/mol. The summed E-state index contributed by atoms with van der Waals surface area (Å²) in [7, 11) is 1.83. The first-order valence-corrected chi connectivity index (χ1v) is 9.00. The summed E-state index contributed by atoms with van der Waals surface area (Å²) in [6.45, 7) is 3.39. The van der Waals surface area contributed by atoms with Gasteiger partial charge in [-0.1, -0.05) is 19.3 Å². The topological polar surface area (TPSA) is 69.9 Å². The fraction of sp³-hybridized carbons (Fsp3) is 0.667. The number of furan rings is 1. The van der Waals surface area contributed by atoms with E-state index >= 15 is 0 Å². The van der Waals surface area contributed by atoms with E-state index in [1.807, 2.05) is 7.05 Å². The number of hydrogen-bond acceptors (Lipinski definition) is 3. The molecular formula is C18H28N4O2. The Balaban J connectivity index is 1.42. The molecule has 1 aromatic rings. The lowest BCUT2D eigenvalue weighted by molar-refractivity contribution is 0.0926. The number of aliphatic imine (C=N–C) groups is 1. The van der Waals surface area contributed by atoms with E-state index in [4.69, 9.17) is 4.42 Å². The van der Waals surface area contributed by atoms with Gasteiger partial charge in [0.05, 0.1) is 6.26 Å². The Morgan fingerprint density at radius 2 is 2.04 bits per heavy atom. The zero-order valence-corrected chi connectivity index (χ0v) is 14.5. The number of likely N-dealkylation sites (tertiary alicyclic amines) is 1. The van der Waals surface area contributed by atoms with Crippen molar-refractivity contribution in [1.29, 1.82) is 0 Å². The van der Waals surface area contributed by atoms with E-state index < -0.39 is 0 Å². The van der Waals surface area contributed by atoms with Crippen LogP contribution >= 0.6 is 0 Å². The molecule has 3 rings (SSSR count). The molecule has 132 valence electrons. The van der Waals surface area contributed by atoms with Gasteiger partial charge < -0.3 is 20.0 Å². The van der Waals surface area contributed by atoms with Crippen molar-refractivity contribution in [2.24, 2.45) is 10.4 Å². The Morgan fingerprint density at radius 1 is 1.25 bits per heavy atom. The molecule has 2 heterocycles. The molecule has 1 aliphatic heterocycles. The standard InChI is InChI=1S/C18H28N4O2/c1-19-17(21-11-10-20-16(23)15-6-5-13-24-15)22-12-9-18(14-22)7-3-2-4-8-18/h5-6,13H,2-4,7-12,14H2,1H3,(H,19,21)(H,20,23). The first-order chi connectivity index (χ1) is 11.7. The maximum atomic E-state index is 11.8. The van der Waals surface area contributed by atoms with Gasteiger partial charge in [0.2, 0.25) is 0 Å². The Labute approximate surface area is 143 Å². The van der Waals surface area contributed by atoms with Crippen LogP contribution < -0.4 is 10.6 Å². The summed E-state index contributed by atoms with van der Waals surface area (Å²) in [5.41, 5.74) is 0.517. The van der Waals surface area contributed by atoms with Crippen LogP contribution in [0.2, 0.25) is 0 Å². The van der Waals surface area contributed by atoms with Crippen LogP contribution in [-0.2, 0) is 0 Å². The fourth-order valence-electron chi connectivity index (χ4n) is 4.00. The predicted octanol–water partition coefficient (Wildman–Crippen LogP) is 2.24. The second-order valence-corrected chi connectivity index (χ2v) is 6.94. The monoisotopic (exact) mass is 332 g/mol. The third-order valence-corrected chi connectivity index (χ3v) is 5.30. The molecule has 0 aromatic carbocycles. The van der Waals surface area contributed by atoms with Crippen molar-refractivity contribution in [3.05, 3.63) is 24.2 Å². The minimum absolute atomic E-state index is 0.181. The molecule has 24 heavy (non-hydrogen) atoms. The lowest BCUT2D eigenvalue weighted by Gasteiger charge is -2.33. The molecule has 6 heteroatoms. The van der Waals surface area contributed by atoms with Crippen LogP contribution in [0, 0.1) is 5.41 Å². The van der Waals surface area contributed by atoms with Crippen molar-refractivity contribution < 1.29 is 9.21 Å². The molecule has 0 unspecified atom stereocenters. The van der Waals surface area contributed by atoms with Crippen molar-refractivity contribution >= 4 is 11.9 Å². The van der Waals surface area contributed by atoms with Gasteiger partial charge in [-0.25, -0.2) is 0 Å². The van der Waals surface area contributed by atoms with Crippen LogP contribution in [0.5, 0.6) is 0 Å². The molecule has 1 spiro atoms. The number of nitrogens with one attached hydrogen (secondary N) is 2. The van der Waals surface area contributed by atoms with E-state index in [1.54, 1.807) is 12.1 Å². The van der Waals surface area contributed by atoms with E-state index in [2.05, 4.69) is 20.5 Å². The van der Waals surface area contributed by atoms with E-state index in [1.165, 1.54) is 44.8 Å². The first kappa shape index (κ1) is 16.9. The third-order valence-electron chi connectivity index (χ3n) is 5.30. The molecule has 1 saturated carbocycles. The second-order valence-electron chi connectivity index (χ2n) is 6.94. The highest BCUT2D eigenvalue weighted by molar-refractivity contribution is 5.91. The Kier molecular flexibility index (Phi) is 5.43. The molecule has 1 saturated heterocycles. The molecule has 6 nitrogen and oxygen atoms in total. The van der Waals surface area contributed by atoms with Gasteiger partial charge in [0.15, 0.2) is 11.7 Å². The summed E-state index contributed by atoms with van der Waals surface area (Å²) in [5.74, 6) is 1.11. The SMILES string of the molecule is CN=C(NCCNC(=O)c1ccco1)N1CCC2(CCCCC2)C1. The molecule has 0 bridgehead atoms. The molecule has 2 N–H and O–H groups in total. The quantitative estimate of drug-likeness (QED) is 0.504. The fourth-order valence-corrected chi connectivity index (χ4v) is 4.00. The molecule has 0 radical (unpaired) electrons. The number of amides is 1. The summed E-state index contributed by atoms with van der Waals surface area (Å²) >= 11 is 0. The van der Waals surface area contributed by atoms with Gasteiger partial charge in [-0.15, -0.1) is 0 Å². The zero-order valence-electron chi connectivity index (χ0n) is 14.5. The number of hydrogen-bond donors (Lipinski definition) is 2. The number of guanidine groups is 1. The van der Waals surface area contributed by atoms with E-state index in [-0.39, 0.29) is 5.91 Å². The summed E-state index contributed by atoms with van der Waals surface area (Å²) in [6, 6.07) is 3.37. The van der Waals surface area contributed by atoms with Crippen molar-refractivity contribution in [3.63, 3.8) is 0 Å². The zero-order chi connectivity index (χ0) is 16.8. The maximum Gasteiger partial charge on any atom is 0.287 e. The van der Waals surface area contributed by atoms with Crippen LogP contribution in [0.25, 0.3) is 0 Å². The molecular weight excluding hydrogens is 304 g/mol. The van der Waals surface area contributed by atoms with Crippen LogP contribution in [-0.4, -0.2) is 50.0 Å². The summed E-state index contributed by atoms with van der Waals surface area (Å²) in [6.07, 6.45) is 9.65. The van der Waals surface area contributed by atoms with Crippen LogP contribution in [0.1, 0.15) is 49.1 Å². The predicted molar refractivity (Wildman–Crippen MR) is 94.1 cm³/mol. The summed E-state index contributed by atoms with van der Waals surface area (Å²) in [4.78, 5) is 18.6. The van der Waals surface area contributed by atoms with Crippen LogP contribution in [0.15, 0.2) is 27.8 Å². The first-order valence-electron chi connectivity index (χ1n) is 9.00. The van der Waals surface area contributed by atoms with E-state index in [0.717, 1.165) is 19.0 Å². The Bertz CT molecular complexity index is 562. The number of carbonyl (C=O) groups excluding carboxylic acids is 1. The van der Waals surface area contributed by atoms with Gasteiger partial charge in [0, 0.05) is 33.2 Å². The lowest BCUT2D eigenvalue weighted by atomic mass is 9.73. The van der Waals surface area contributed by atoms with Crippen molar-refractivity contribution in [1.82, 2.24) is 15.5 Å². The largest absolute Gasteiger partial charge is 0.459 e. The van der Waals surface area contributed by atoms with Crippen molar-refractivity contribution in [2.45, 2.75) is 38.5 Å². The highest BCUT2D eigenvalue weighted by Crippen LogP contribution is 2.43. The molecule has 1 amide bonds.